The van der Waals surface area contributed by atoms with Crippen LogP contribution in [0, 0.1) is 0 Å². The van der Waals surface area contributed by atoms with Crippen LogP contribution in [0.25, 0.3) is 0 Å². The third-order valence-corrected chi connectivity index (χ3v) is 9.49. The lowest BCUT2D eigenvalue weighted by atomic mass is 10.1. The van der Waals surface area contributed by atoms with E-state index in [-0.39, 0.29) is 56.5 Å². The summed E-state index contributed by atoms with van der Waals surface area (Å²) in [6, 6.07) is 5.55. The van der Waals surface area contributed by atoms with Crippen molar-refractivity contribution in [2.45, 2.75) is 233 Å². The maximum absolute atomic E-state index is 13.2. The first-order valence-electron chi connectivity index (χ1n) is 24.2. The number of esters is 5. The van der Waals surface area contributed by atoms with Crippen LogP contribution >= 0.6 is 0 Å². The van der Waals surface area contributed by atoms with E-state index in [2.05, 4.69) is 21.3 Å². The van der Waals surface area contributed by atoms with Crippen molar-refractivity contribution in [2.75, 3.05) is 6.54 Å². The highest BCUT2D eigenvalue weighted by Crippen LogP contribution is 2.17. The van der Waals surface area contributed by atoms with E-state index in [0.29, 0.717) is 70.8 Å². The minimum absolute atomic E-state index is 0.0928. The van der Waals surface area contributed by atoms with Gasteiger partial charge in [-0.1, -0.05) is 56.0 Å². The molecule has 1 aromatic rings. The van der Waals surface area contributed by atoms with Crippen molar-refractivity contribution < 1.29 is 62.0 Å². The number of hydrogen-bond acceptors (Lipinski definition) is 13. The number of amides is 4. The van der Waals surface area contributed by atoms with Gasteiger partial charge in [0, 0.05) is 32.2 Å². The van der Waals surface area contributed by atoms with Crippen molar-refractivity contribution in [3.05, 3.63) is 35.9 Å². The molecule has 4 amide bonds. The Morgan fingerprint density at radius 1 is 0.441 bits per heavy atom. The fourth-order valence-corrected chi connectivity index (χ4v) is 6.46. The molecule has 0 fully saturated rings. The van der Waals surface area contributed by atoms with Gasteiger partial charge in [-0.05, 0) is 140 Å². The van der Waals surface area contributed by atoms with E-state index in [1.807, 2.05) is 30.3 Å². The van der Waals surface area contributed by atoms with Crippen molar-refractivity contribution >= 4 is 47.7 Å². The topological polar surface area (TPSA) is 231 Å². The Morgan fingerprint density at radius 2 is 0.868 bits per heavy atom. The zero-order chi connectivity index (χ0) is 51.6. The van der Waals surface area contributed by atoms with Crippen molar-refractivity contribution in [1.29, 1.82) is 0 Å². The van der Waals surface area contributed by atoms with E-state index in [1.165, 1.54) is 0 Å². The van der Waals surface area contributed by atoms with Gasteiger partial charge in [-0.15, -0.1) is 0 Å². The molecule has 1 rings (SSSR count). The third-order valence-electron chi connectivity index (χ3n) is 9.49. The monoisotopic (exact) mass is 961 g/mol. The predicted octanol–water partition coefficient (Wildman–Crippen LogP) is 7.98. The second kappa shape index (κ2) is 30.3. The van der Waals surface area contributed by atoms with Crippen LogP contribution in [-0.2, 0) is 63.9 Å². The summed E-state index contributed by atoms with van der Waals surface area (Å²) in [5, 5.41) is 10.9. The second-order valence-electron chi connectivity index (χ2n) is 21.1. The van der Waals surface area contributed by atoms with Gasteiger partial charge in [0.1, 0.15) is 47.1 Å². The van der Waals surface area contributed by atoms with E-state index in [4.69, 9.17) is 23.7 Å². The molecule has 0 radical (unpaired) electrons. The molecular formula is C51H84N4O13. The van der Waals surface area contributed by atoms with Gasteiger partial charge in [-0.3, -0.25) is 19.2 Å². The highest BCUT2D eigenvalue weighted by Gasteiger charge is 2.32. The lowest BCUT2D eigenvalue weighted by molar-refractivity contribution is -0.160. The molecule has 0 aliphatic carbocycles. The highest BCUT2D eigenvalue weighted by molar-refractivity contribution is 5.88. The average molecular weight is 961 g/mol. The smallest absolute Gasteiger partial charge is 0.329 e. The van der Waals surface area contributed by atoms with Gasteiger partial charge in [0.2, 0.25) is 11.8 Å². The van der Waals surface area contributed by atoms with Crippen LogP contribution in [-0.4, -0.2) is 94.8 Å². The van der Waals surface area contributed by atoms with Crippen LogP contribution in [0.2, 0.25) is 0 Å². The first-order valence-corrected chi connectivity index (χ1v) is 24.2. The van der Waals surface area contributed by atoms with E-state index in [1.54, 1.807) is 83.1 Å². The molecule has 0 aliphatic heterocycles. The molecule has 0 spiro atoms. The second-order valence-corrected chi connectivity index (χ2v) is 21.1. The summed E-state index contributed by atoms with van der Waals surface area (Å²) in [5.74, 6) is -3.13. The molecule has 0 aliphatic rings. The number of ether oxygens (including phenoxy) is 5. The van der Waals surface area contributed by atoms with Crippen LogP contribution in [0.3, 0.4) is 0 Å². The first-order chi connectivity index (χ1) is 31.5. The number of nitrogens with one attached hydrogen (secondary N) is 4. The molecule has 1 unspecified atom stereocenters. The van der Waals surface area contributed by atoms with Crippen LogP contribution < -0.4 is 21.3 Å². The number of urea groups is 1. The summed E-state index contributed by atoms with van der Waals surface area (Å²) in [6.45, 7) is 21.2. The van der Waals surface area contributed by atoms with Crippen molar-refractivity contribution in [3.63, 3.8) is 0 Å². The molecule has 68 heavy (non-hydrogen) atoms. The maximum atomic E-state index is 13.2. The Kier molecular flexibility index (Phi) is 27.1. The van der Waals surface area contributed by atoms with Crippen molar-refractivity contribution in [1.82, 2.24) is 21.3 Å². The molecule has 0 bridgehead atoms. The Morgan fingerprint density at radius 3 is 1.37 bits per heavy atom. The molecule has 0 heterocycles. The number of unbranched alkanes of at least 4 members (excludes halogenated alkanes) is 6. The fourth-order valence-electron chi connectivity index (χ4n) is 6.46. The van der Waals surface area contributed by atoms with Gasteiger partial charge in [-0.2, -0.15) is 0 Å². The normalized spacial score (nSPS) is 13.2. The van der Waals surface area contributed by atoms with E-state index in [0.717, 1.165) is 12.0 Å². The largest absolute Gasteiger partial charge is 0.461 e. The van der Waals surface area contributed by atoms with Gasteiger partial charge in [0.25, 0.3) is 0 Å². The predicted molar refractivity (Wildman–Crippen MR) is 258 cm³/mol. The SMILES string of the molecule is CC(C)(C)OC(=O)CC[C@H](NC(=O)N[C@@H](CCCCNC(=O)CCCCCCC(=O)NC(CCCCCC(=O)OCc1ccccc1)C(=O)OC(C)(C)C)C(=O)OC(C)(C)C)C(=O)OC(C)(C)C. The van der Waals surface area contributed by atoms with Crippen LogP contribution in [0.5, 0.6) is 0 Å². The zero-order valence-corrected chi connectivity index (χ0v) is 43.2. The minimum Gasteiger partial charge on any atom is -0.461 e. The van der Waals surface area contributed by atoms with Crippen LogP contribution in [0.4, 0.5) is 4.79 Å². The summed E-state index contributed by atoms with van der Waals surface area (Å²) in [5.41, 5.74) is -2.23. The molecule has 0 aromatic heterocycles. The number of benzene rings is 1. The molecule has 0 saturated heterocycles. The van der Waals surface area contributed by atoms with Crippen LogP contribution in [0.15, 0.2) is 30.3 Å². The van der Waals surface area contributed by atoms with Gasteiger partial charge >= 0.3 is 35.9 Å². The van der Waals surface area contributed by atoms with E-state index < -0.39 is 70.4 Å². The first kappa shape index (κ1) is 60.8. The number of carbonyl (C=O) groups excluding carboxylic acids is 8. The molecule has 17 heteroatoms. The standard InChI is InChI=1S/C51H84N4O13/c1-48(2,3)65-43(59)33-32-39(46(62)68-51(10,11)12)55-47(63)54-38(45(61)67-50(7,8)9)28-23-24-34-52-40(56)29-20-13-14-21-30-41(57)53-37(44(60)66-49(4,5)6)27-19-16-22-31-42(58)64-35-36-25-17-15-18-26-36/h15,17-18,25-26,37-39H,13-14,16,19-24,27-35H2,1-12H3,(H,52,56)(H,53,57)(H2,54,55,63)/t37?,38-,39-/m0/s1. The summed E-state index contributed by atoms with van der Waals surface area (Å²) in [4.78, 5) is 102. The van der Waals surface area contributed by atoms with Crippen LogP contribution in [0.1, 0.15) is 191 Å². The molecule has 3 atom stereocenters. The Balaban J connectivity index is 2.53. The summed E-state index contributed by atoms with van der Waals surface area (Å²) in [7, 11) is 0. The summed E-state index contributed by atoms with van der Waals surface area (Å²) >= 11 is 0. The minimum atomic E-state index is -1.20. The van der Waals surface area contributed by atoms with Gasteiger partial charge in [0.05, 0.1) is 0 Å². The number of carbonyl (C=O) groups is 8. The molecule has 0 saturated carbocycles. The maximum Gasteiger partial charge on any atom is 0.329 e. The van der Waals surface area contributed by atoms with Crippen molar-refractivity contribution in [3.8, 4) is 0 Å². The van der Waals surface area contributed by atoms with Gasteiger partial charge < -0.3 is 45.0 Å². The molecule has 4 N–H and O–H groups in total. The summed E-state index contributed by atoms with van der Waals surface area (Å²) < 4.78 is 27.3. The summed E-state index contributed by atoms with van der Waals surface area (Å²) in [6.07, 6.45) is 6.58. The Labute approximate surface area is 405 Å². The Bertz CT molecular complexity index is 1740. The number of rotatable bonds is 29. The molecule has 386 valence electrons. The lowest BCUT2D eigenvalue weighted by Gasteiger charge is -2.27. The third kappa shape index (κ3) is 32.5. The number of hydrogen-bond donors (Lipinski definition) is 4. The van der Waals surface area contributed by atoms with E-state index in [9.17, 15) is 38.4 Å². The zero-order valence-electron chi connectivity index (χ0n) is 43.2. The molecular weight excluding hydrogens is 877 g/mol. The highest BCUT2D eigenvalue weighted by atomic mass is 16.6. The average Bonchev–Trinajstić information content (AvgIpc) is 3.19. The lowest BCUT2D eigenvalue weighted by Crippen LogP contribution is -2.53. The fraction of sp³-hybridized carbons (Fsp3) is 0.725. The Hall–Kier alpha value is -5.22. The van der Waals surface area contributed by atoms with Gasteiger partial charge in [-0.25, -0.2) is 19.2 Å². The molecule has 17 nitrogen and oxygen atoms in total. The van der Waals surface area contributed by atoms with Gasteiger partial charge in [0.15, 0.2) is 0 Å². The molecule has 1 aromatic carbocycles. The van der Waals surface area contributed by atoms with Crippen molar-refractivity contribution in [2.24, 2.45) is 0 Å². The quantitative estimate of drug-likeness (QED) is 0.0339. The van der Waals surface area contributed by atoms with E-state index >= 15 is 0 Å².